The fraction of sp³-hybridized carbons (Fsp3) is 0.360. The Kier molecular flexibility index (Phi) is 6.90. The average molecular weight is 480 g/mol. The lowest BCUT2D eigenvalue weighted by molar-refractivity contribution is -0.142. The number of rotatable bonds is 8. The first kappa shape index (κ1) is 24.1. The zero-order chi connectivity index (χ0) is 25.1. The van der Waals surface area contributed by atoms with E-state index in [1.807, 2.05) is 42.7 Å². The van der Waals surface area contributed by atoms with E-state index in [1.165, 1.54) is 17.0 Å². The summed E-state index contributed by atoms with van der Waals surface area (Å²) in [5, 5.41) is 24.5. The highest BCUT2D eigenvalue weighted by Crippen LogP contribution is 2.27. The third-order valence-corrected chi connectivity index (χ3v) is 5.98. The van der Waals surface area contributed by atoms with Gasteiger partial charge in [0, 0.05) is 19.5 Å². The van der Waals surface area contributed by atoms with Crippen LogP contribution in [0.15, 0.2) is 48.5 Å². The number of urea groups is 1. The maximum atomic E-state index is 13.2. The van der Waals surface area contributed by atoms with Crippen molar-refractivity contribution in [3.63, 3.8) is 0 Å². The van der Waals surface area contributed by atoms with Crippen LogP contribution in [0.5, 0.6) is 5.75 Å². The molecule has 1 aliphatic heterocycles. The molecule has 4 rings (SSSR count). The molecular formula is C25H29N5O5. The molecule has 4 N–H and O–H groups in total. The number of carboxylic acid groups (broad SMARTS) is 1. The molecule has 2 unspecified atom stereocenters. The number of nitrogens with one attached hydrogen (secondary N) is 2. The summed E-state index contributed by atoms with van der Waals surface area (Å²) in [5.41, 5.74) is 2.37. The van der Waals surface area contributed by atoms with Crippen molar-refractivity contribution in [2.45, 2.75) is 45.3 Å². The van der Waals surface area contributed by atoms with E-state index in [-0.39, 0.29) is 18.1 Å². The molecule has 0 aliphatic carbocycles. The van der Waals surface area contributed by atoms with E-state index < -0.39 is 30.0 Å². The van der Waals surface area contributed by atoms with Crippen LogP contribution in [-0.4, -0.2) is 56.3 Å². The number of fused-ring (bicyclic) bond motifs is 3. The second kappa shape index (κ2) is 10.0. The van der Waals surface area contributed by atoms with Gasteiger partial charge in [0.15, 0.2) is 0 Å². The number of carbonyl (C=O) groups excluding carboxylic acids is 2. The quantitative estimate of drug-likeness (QED) is 0.392. The molecule has 184 valence electrons. The number of anilines is 1. The van der Waals surface area contributed by atoms with Gasteiger partial charge in [-0.15, -0.1) is 0 Å². The Labute approximate surface area is 202 Å². The number of aromatic hydroxyl groups is 1. The number of phenols is 1. The Balaban J connectivity index is 1.47. The van der Waals surface area contributed by atoms with Crippen molar-refractivity contribution in [2.75, 3.05) is 11.4 Å². The van der Waals surface area contributed by atoms with E-state index in [0.717, 1.165) is 11.0 Å². The fourth-order valence-corrected chi connectivity index (χ4v) is 4.25. The SMILES string of the molecule is CC(C)CC(NC(=O)N1CCn2c1nc1ccccc12)C(=O)NC(Cc1ccc(O)cc1)C(=O)O. The predicted molar refractivity (Wildman–Crippen MR) is 130 cm³/mol. The summed E-state index contributed by atoms with van der Waals surface area (Å²) >= 11 is 0. The Bertz CT molecular complexity index is 1240. The number of aromatic nitrogens is 2. The monoisotopic (exact) mass is 479 g/mol. The van der Waals surface area contributed by atoms with Crippen LogP contribution in [0.3, 0.4) is 0 Å². The minimum Gasteiger partial charge on any atom is -0.508 e. The molecule has 1 aromatic heterocycles. The molecule has 10 heteroatoms. The summed E-state index contributed by atoms with van der Waals surface area (Å²) in [7, 11) is 0. The Morgan fingerprint density at radius 2 is 1.71 bits per heavy atom. The van der Waals surface area contributed by atoms with Crippen molar-refractivity contribution in [3.05, 3.63) is 54.1 Å². The number of amides is 3. The molecular weight excluding hydrogens is 450 g/mol. The zero-order valence-corrected chi connectivity index (χ0v) is 19.6. The van der Waals surface area contributed by atoms with Crippen molar-refractivity contribution >= 4 is 34.9 Å². The summed E-state index contributed by atoms with van der Waals surface area (Å²) < 4.78 is 1.96. The van der Waals surface area contributed by atoms with Crippen molar-refractivity contribution in [1.82, 2.24) is 20.2 Å². The molecule has 35 heavy (non-hydrogen) atoms. The third kappa shape index (κ3) is 5.37. The normalized spacial score (nSPS) is 14.5. The van der Waals surface area contributed by atoms with E-state index in [0.29, 0.717) is 31.0 Å². The van der Waals surface area contributed by atoms with Gasteiger partial charge in [0.05, 0.1) is 11.0 Å². The number of nitrogens with zero attached hydrogens (tertiary/aromatic N) is 3. The summed E-state index contributed by atoms with van der Waals surface area (Å²) in [6.07, 6.45) is 0.382. The van der Waals surface area contributed by atoms with Crippen molar-refractivity contribution in [2.24, 2.45) is 5.92 Å². The highest BCUT2D eigenvalue weighted by molar-refractivity contribution is 5.97. The van der Waals surface area contributed by atoms with Gasteiger partial charge in [0.25, 0.3) is 0 Å². The van der Waals surface area contributed by atoms with Crippen molar-refractivity contribution in [1.29, 1.82) is 0 Å². The second-order valence-corrected chi connectivity index (χ2v) is 9.11. The maximum absolute atomic E-state index is 13.2. The van der Waals surface area contributed by atoms with E-state index in [4.69, 9.17) is 0 Å². The smallest absolute Gasteiger partial charge is 0.326 e. The van der Waals surface area contributed by atoms with Crippen LogP contribution in [0.2, 0.25) is 0 Å². The van der Waals surface area contributed by atoms with Gasteiger partial charge in [-0.25, -0.2) is 14.6 Å². The van der Waals surface area contributed by atoms with Crippen LogP contribution in [0.25, 0.3) is 11.0 Å². The standard InChI is InChI=1S/C25H29N5O5/c1-15(2)13-19(22(32)26-20(23(33)34)14-16-7-9-17(31)10-8-16)28-25(35)30-12-11-29-21-6-4-3-5-18(21)27-24(29)30/h3-10,15,19-20,31H,11-14H2,1-2H3,(H,26,32)(H,28,35)(H,33,34). The van der Waals surface area contributed by atoms with Gasteiger partial charge in [-0.2, -0.15) is 0 Å². The fourth-order valence-electron chi connectivity index (χ4n) is 4.25. The second-order valence-electron chi connectivity index (χ2n) is 9.11. The number of carbonyl (C=O) groups is 3. The number of carboxylic acids is 1. The number of hydrogen-bond donors (Lipinski definition) is 4. The van der Waals surface area contributed by atoms with Crippen LogP contribution in [0.1, 0.15) is 25.8 Å². The molecule has 0 radical (unpaired) electrons. The van der Waals surface area contributed by atoms with Gasteiger partial charge < -0.3 is 25.4 Å². The molecule has 0 saturated heterocycles. The van der Waals surface area contributed by atoms with Gasteiger partial charge in [-0.05, 0) is 42.2 Å². The van der Waals surface area contributed by atoms with Crippen LogP contribution in [-0.2, 0) is 22.6 Å². The first-order valence-electron chi connectivity index (χ1n) is 11.6. The highest BCUT2D eigenvalue weighted by Gasteiger charge is 2.32. The van der Waals surface area contributed by atoms with Gasteiger partial charge in [-0.3, -0.25) is 9.69 Å². The molecule has 1 aliphatic rings. The number of benzene rings is 2. The number of para-hydroxylation sites is 2. The van der Waals surface area contributed by atoms with Gasteiger partial charge in [0.1, 0.15) is 17.8 Å². The zero-order valence-electron chi connectivity index (χ0n) is 19.6. The lowest BCUT2D eigenvalue weighted by Crippen LogP contribution is -2.55. The van der Waals surface area contributed by atoms with E-state index >= 15 is 0 Å². The van der Waals surface area contributed by atoms with Crippen LogP contribution in [0.4, 0.5) is 10.7 Å². The van der Waals surface area contributed by atoms with E-state index in [2.05, 4.69) is 15.6 Å². The first-order chi connectivity index (χ1) is 16.7. The molecule has 0 saturated carbocycles. The number of phenolic OH excluding ortho intramolecular Hbond substituents is 1. The van der Waals surface area contributed by atoms with Gasteiger partial charge in [-0.1, -0.05) is 38.1 Å². The molecule has 2 atom stereocenters. The van der Waals surface area contributed by atoms with Crippen molar-refractivity contribution in [3.8, 4) is 5.75 Å². The number of hydrogen-bond acceptors (Lipinski definition) is 5. The van der Waals surface area contributed by atoms with Gasteiger partial charge >= 0.3 is 12.0 Å². The summed E-state index contributed by atoms with van der Waals surface area (Å²) in [6.45, 7) is 4.87. The highest BCUT2D eigenvalue weighted by atomic mass is 16.4. The Hall–Kier alpha value is -4.08. The molecule has 0 fully saturated rings. The molecule has 0 bridgehead atoms. The number of aliphatic carboxylic acids is 1. The molecule has 10 nitrogen and oxygen atoms in total. The topological polar surface area (TPSA) is 137 Å². The third-order valence-electron chi connectivity index (χ3n) is 5.98. The lowest BCUT2D eigenvalue weighted by Gasteiger charge is -2.25. The largest absolute Gasteiger partial charge is 0.508 e. The number of imidazole rings is 1. The van der Waals surface area contributed by atoms with E-state index in [9.17, 15) is 24.6 Å². The van der Waals surface area contributed by atoms with Crippen LogP contribution < -0.4 is 15.5 Å². The molecule has 2 heterocycles. The average Bonchev–Trinajstić information content (AvgIpc) is 3.38. The first-order valence-corrected chi connectivity index (χ1v) is 11.6. The van der Waals surface area contributed by atoms with E-state index in [1.54, 1.807) is 12.1 Å². The van der Waals surface area contributed by atoms with Gasteiger partial charge in [0.2, 0.25) is 11.9 Å². The summed E-state index contributed by atoms with van der Waals surface area (Å²) in [6, 6.07) is 11.2. The molecule has 2 aromatic carbocycles. The predicted octanol–water partition coefficient (Wildman–Crippen LogP) is 2.50. The molecule has 3 aromatic rings. The summed E-state index contributed by atoms with van der Waals surface area (Å²) in [5.74, 6) is -1.09. The molecule has 3 amide bonds. The minimum atomic E-state index is -1.19. The van der Waals surface area contributed by atoms with Crippen molar-refractivity contribution < 1.29 is 24.6 Å². The van der Waals surface area contributed by atoms with Crippen LogP contribution >= 0.6 is 0 Å². The summed E-state index contributed by atoms with van der Waals surface area (Å²) in [4.78, 5) is 44.2. The van der Waals surface area contributed by atoms with Crippen LogP contribution in [0, 0.1) is 5.92 Å². The lowest BCUT2D eigenvalue weighted by atomic mass is 10.0. The minimum absolute atomic E-state index is 0.0415. The Morgan fingerprint density at radius 3 is 2.40 bits per heavy atom. The molecule has 0 spiro atoms. The Morgan fingerprint density at radius 1 is 1.00 bits per heavy atom. The maximum Gasteiger partial charge on any atom is 0.326 e.